The highest BCUT2D eigenvalue weighted by Crippen LogP contribution is 2.21. The Morgan fingerprint density at radius 1 is 1.00 bits per heavy atom. The predicted octanol–water partition coefficient (Wildman–Crippen LogP) is 4.12. The van der Waals surface area contributed by atoms with Crippen molar-refractivity contribution in [1.29, 1.82) is 0 Å². The summed E-state index contributed by atoms with van der Waals surface area (Å²) in [6, 6.07) is 14.0. The van der Waals surface area contributed by atoms with Crippen LogP contribution in [-0.2, 0) is 13.1 Å². The van der Waals surface area contributed by atoms with Crippen LogP contribution in [-0.4, -0.2) is 44.9 Å². The van der Waals surface area contributed by atoms with Crippen molar-refractivity contribution < 1.29 is 4.79 Å². The van der Waals surface area contributed by atoms with Crippen LogP contribution in [0.3, 0.4) is 0 Å². The van der Waals surface area contributed by atoms with Crippen LogP contribution in [0.25, 0.3) is 11.2 Å². The molecule has 3 heterocycles. The van der Waals surface area contributed by atoms with E-state index in [1.807, 2.05) is 24.3 Å². The molecule has 3 aromatic rings. The molecule has 1 aromatic carbocycles. The standard InChI is InChI=1S/C23H29N5O/c1-18(29)20-11-12-21-22(25-20)28(16-8-15-27-13-6-3-7-14-27)23(26-21)24-17-19-9-4-2-5-10-19/h2,4-5,9-12H,3,6-8,13-17H2,1H3,(H,24,26). The van der Waals surface area contributed by atoms with Gasteiger partial charge in [0, 0.05) is 20.0 Å². The van der Waals surface area contributed by atoms with E-state index >= 15 is 0 Å². The lowest BCUT2D eigenvalue weighted by Crippen LogP contribution is -2.31. The van der Waals surface area contributed by atoms with E-state index in [1.165, 1.54) is 37.9 Å². The zero-order valence-corrected chi connectivity index (χ0v) is 17.1. The summed E-state index contributed by atoms with van der Waals surface area (Å²) in [5.41, 5.74) is 3.30. The lowest BCUT2D eigenvalue weighted by molar-refractivity contribution is 0.101. The molecule has 29 heavy (non-hydrogen) atoms. The number of nitrogens with zero attached hydrogens (tertiary/aromatic N) is 4. The molecule has 1 saturated heterocycles. The van der Waals surface area contributed by atoms with Crippen molar-refractivity contribution in [3.05, 3.63) is 53.7 Å². The van der Waals surface area contributed by atoms with Crippen LogP contribution >= 0.6 is 0 Å². The number of aromatic nitrogens is 3. The Hall–Kier alpha value is -2.73. The smallest absolute Gasteiger partial charge is 0.205 e. The molecule has 1 aliphatic heterocycles. The van der Waals surface area contributed by atoms with Gasteiger partial charge in [-0.25, -0.2) is 9.97 Å². The van der Waals surface area contributed by atoms with Gasteiger partial charge in [-0.05, 0) is 56.6 Å². The molecule has 2 aromatic heterocycles. The van der Waals surface area contributed by atoms with E-state index in [1.54, 1.807) is 13.0 Å². The summed E-state index contributed by atoms with van der Waals surface area (Å²) in [5.74, 6) is 0.794. The maximum atomic E-state index is 11.8. The summed E-state index contributed by atoms with van der Waals surface area (Å²) in [4.78, 5) is 23.7. The van der Waals surface area contributed by atoms with Crippen molar-refractivity contribution in [1.82, 2.24) is 19.4 Å². The first-order valence-corrected chi connectivity index (χ1v) is 10.6. The van der Waals surface area contributed by atoms with E-state index in [2.05, 4.69) is 31.9 Å². The van der Waals surface area contributed by atoms with E-state index in [9.17, 15) is 4.79 Å². The third-order valence-corrected chi connectivity index (χ3v) is 5.55. The highest BCUT2D eigenvalue weighted by molar-refractivity contribution is 5.94. The Balaban J connectivity index is 1.54. The minimum absolute atomic E-state index is 0.0215. The molecule has 0 aliphatic carbocycles. The largest absolute Gasteiger partial charge is 0.352 e. The zero-order valence-electron chi connectivity index (χ0n) is 17.1. The quantitative estimate of drug-likeness (QED) is 0.585. The number of likely N-dealkylation sites (tertiary alicyclic amines) is 1. The molecule has 0 saturated carbocycles. The van der Waals surface area contributed by atoms with Crippen molar-refractivity contribution in [2.75, 3.05) is 25.0 Å². The van der Waals surface area contributed by atoms with Crippen LogP contribution in [0.4, 0.5) is 5.95 Å². The van der Waals surface area contributed by atoms with Gasteiger partial charge in [-0.2, -0.15) is 0 Å². The Morgan fingerprint density at radius 2 is 1.79 bits per heavy atom. The number of carbonyl (C=O) groups excluding carboxylic acids is 1. The number of rotatable bonds is 8. The van der Waals surface area contributed by atoms with Crippen LogP contribution in [0.1, 0.15) is 48.7 Å². The van der Waals surface area contributed by atoms with Gasteiger partial charge in [-0.1, -0.05) is 36.8 Å². The van der Waals surface area contributed by atoms with E-state index < -0.39 is 0 Å². The molecule has 0 unspecified atom stereocenters. The topological polar surface area (TPSA) is 63.1 Å². The van der Waals surface area contributed by atoms with Crippen LogP contribution in [0, 0.1) is 0 Å². The SMILES string of the molecule is CC(=O)c1ccc2nc(NCc3ccccc3)n(CCCN3CCCCC3)c2n1. The number of benzene rings is 1. The molecule has 0 amide bonds. The van der Waals surface area contributed by atoms with Gasteiger partial charge in [0.1, 0.15) is 11.2 Å². The molecule has 6 nitrogen and oxygen atoms in total. The number of fused-ring (bicyclic) bond motifs is 1. The number of pyridine rings is 1. The summed E-state index contributed by atoms with van der Waals surface area (Å²) in [6.45, 7) is 6.59. The maximum Gasteiger partial charge on any atom is 0.205 e. The fourth-order valence-corrected chi connectivity index (χ4v) is 3.96. The van der Waals surface area contributed by atoms with Gasteiger partial charge in [0.25, 0.3) is 0 Å². The number of carbonyl (C=O) groups is 1. The number of Topliss-reactive ketones (excluding diaryl/α,β-unsaturated/α-hetero) is 1. The Labute approximate surface area is 172 Å². The third-order valence-electron chi connectivity index (χ3n) is 5.55. The van der Waals surface area contributed by atoms with Gasteiger partial charge in [-0.15, -0.1) is 0 Å². The molecule has 0 spiro atoms. The summed E-state index contributed by atoms with van der Waals surface area (Å²) in [7, 11) is 0. The number of ketones is 1. The lowest BCUT2D eigenvalue weighted by atomic mass is 10.1. The third kappa shape index (κ3) is 4.82. The van der Waals surface area contributed by atoms with Gasteiger partial charge < -0.3 is 10.2 Å². The van der Waals surface area contributed by atoms with Crippen molar-refractivity contribution in [3.63, 3.8) is 0 Å². The molecule has 0 radical (unpaired) electrons. The average molecular weight is 392 g/mol. The van der Waals surface area contributed by atoms with Crippen molar-refractivity contribution in [2.45, 2.75) is 45.7 Å². The van der Waals surface area contributed by atoms with E-state index in [-0.39, 0.29) is 5.78 Å². The van der Waals surface area contributed by atoms with E-state index in [0.29, 0.717) is 12.2 Å². The number of nitrogens with one attached hydrogen (secondary N) is 1. The Kier molecular flexibility index (Phi) is 6.20. The summed E-state index contributed by atoms with van der Waals surface area (Å²) in [5, 5.41) is 3.47. The fourth-order valence-electron chi connectivity index (χ4n) is 3.96. The Bertz CT molecular complexity index is 960. The number of imidazole rings is 1. The van der Waals surface area contributed by atoms with Gasteiger partial charge >= 0.3 is 0 Å². The number of piperidine rings is 1. The first kappa shape index (κ1) is 19.6. The molecule has 6 heteroatoms. The molecule has 0 bridgehead atoms. The zero-order chi connectivity index (χ0) is 20.1. The van der Waals surface area contributed by atoms with Crippen molar-refractivity contribution in [2.24, 2.45) is 0 Å². The molecule has 152 valence electrons. The molecule has 1 aliphatic rings. The average Bonchev–Trinajstić information content (AvgIpc) is 3.10. The molecule has 4 rings (SSSR count). The van der Waals surface area contributed by atoms with E-state index in [0.717, 1.165) is 36.6 Å². The number of aryl methyl sites for hydroxylation is 1. The monoisotopic (exact) mass is 391 g/mol. The predicted molar refractivity (Wildman–Crippen MR) is 116 cm³/mol. The minimum atomic E-state index is -0.0215. The molecule has 1 fully saturated rings. The Morgan fingerprint density at radius 3 is 2.55 bits per heavy atom. The van der Waals surface area contributed by atoms with Gasteiger partial charge in [-0.3, -0.25) is 9.36 Å². The number of hydrogen-bond donors (Lipinski definition) is 1. The van der Waals surface area contributed by atoms with Crippen molar-refractivity contribution >= 4 is 22.9 Å². The fraction of sp³-hybridized carbons (Fsp3) is 0.435. The van der Waals surface area contributed by atoms with Gasteiger partial charge in [0.15, 0.2) is 11.4 Å². The van der Waals surface area contributed by atoms with Crippen molar-refractivity contribution in [3.8, 4) is 0 Å². The molecular formula is C23H29N5O. The van der Waals surface area contributed by atoms with Crippen LogP contribution in [0.2, 0.25) is 0 Å². The maximum absolute atomic E-state index is 11.8. The number of anilines is 1. The van der Waals surface area contributed by atoms with Crippen LogP contribution < -0.4 is 5.32 Å². The minimum Gasteiger partial charge on any atom is -0.352 e. The first-order chi connectivity index (χ1) is 14.2. The second-order valence-corrected chi connectivity index (χ2v) is 7.78. The summed E-state index contributed by atoms with van der Waals surface area (Å²) in [6.07, 6.45) is 5.01. The van der Waals surface area contributed by atoms with Crippen LogP contribution in [0.15, 0.2) is 42.5 Å². The summed E-state index contributed by atoms with van der Waals surface area (Å²) >= 11 is 0. The molecule has 1 N–H and O–H groups in total. The highest BCUT2D eigenvalue weighted by Gasteiger charge is 2.15. The first-order valence-electron chi connectivity index (χ1n) is 10.6. The second kappa shape index (κ2) is 9.18. The van der Waals surface area contributed by atoms with E-state index in [4.69, 9.17) is 4.98 Å². The second-order valence-electron chi connectivity index (χ2n) is 7.78. The molecule has 0 atom stereocenters. The lowest BCUT2D eigenvalue weighted by Gasteiger charge is -2.26. The highest BCUT2D eigenvalue weighted by atomic mass is 16.1. The van der Waals surface area contributed by atoms with Gasteiger partial charge in [0.2, 0.25) is 5.95 Å². The van der Waals surface area contributed by atoms with Crippen LogP contribution in [0.5, 0.6) is 0 Å². The molecular weight excluding hydrogens is 362 g/mol. The van der Waals surface area contributed by atoms with Gasteiger partial charge in [0.05, 0.1) is 0 Å². The number of hydrogen-bond acceptors (Lipinski definition) is 5. The normalized spacial score (nSPS) is 14.9. The summed E-state index contributed by atoms with van der Waals surface area (Å²) < 4.78 is 2.13.